The molecule has 0 saturated carbocycles. The first-order valence-electron chi connectivity index (χ1n) is 6.96. The summed E-state index contributed by atoms with van der Waals surface area (Å²) < 4.78 is 0. The lowest BCUT2D eigenvalue weighted by molar-refractivity contribution is 0.0690. The molecule has 0 saturated heterocycles. The van der Waals surface area contributed by atoms with Gasteiger partial charge in [0.15, 0.2) is 5.69 Å². The fourth-order valence-electron chi connectivity index (χ4n) is 2.51. The topological polar surface area (TPSA) is 66.3 Å². The summed E-state index contributed by atoms with van der Waals surface area (Å²) in [7, 11) is 0. The summed E-state index contributed by atoms with van der Waals surface area (Å²) in [5, 5.41) is 11.5. The Bertz CT molecular complexity index is 681. The van der Waals surface area contributed by atoms with E-state index in [1.54, 1.807) is 17.5 Å². The third-order valence-electron chi connectivity index (χ3n) is 3.66. The zero-order chi connectivity index (χ0) is 15.0. The van der Waals surface area contributed by atoms with Crippen LogP contribution in [0.1, 0.15) is 46.5 Å². The van der Waals surface area contributed by atoms with Gasteiger partial charge >= 0.3 is 5.97 Å². The van der Waals surface area contributed by atoms with Crippen LogP contribution in [0.5, 0.6) is 0 Å². The Morgan fingerprint density at radius 1 is 1.48 bits per heavy atom. The van der Waals surface area contributed by atoms with E-state index in [2.05, 4.69) is 26.3 Å². The number of carboxylic acid groups (broad SMARTS) is 1. The highest BCUT2D eigenvalue weighted by Gasteiger charge is 2.24. The van der Waals surface area contributed by atoms with Crippen LogP contribution in [-0.2, 0) is 13.0 Å². The number of hydrogen-bond acceptors (Lipinski definition) is 5. The van der Waals surface area contributed by atoms with E-state index in [1.165, 1.54) is 10.4 Å². The van der Waals surface area contributed by atoms with Crippen LogP contribution in [0.2, 0.25) is 0 Å². The van der Waals surface area contributed by atoms with Crippen molar-refractivity contribution in [3.8, 4) is 0 Å². The highest BCUT2D eigenvalue weighted by atomic mass is 32.1. The third-order valence-corrected chi connectivity index (χ3v) is 4.68. The maximum atomic E-state index is 11.5. The minimum atomic E-state index is -0.995. The van der Waals surface area contributed by atoms with Gasteiger partial charge in [0.1, 0.15) is 5.82 Å². The summed E-state index contributed by atoms with van der Waals surface area (Å²) >= 11 is 1.77. The van der Waals surface area contributed by atoms with E-state index in [4.69, 9.17) is 0 Å². The summed E-state index contributed by atoms with van der Waals surface area (Å²) in [6.45, 7) is 5.44. The molecule has 21 heavy (non-hydrogen) atoms. The van der Waals surface area contributed by atoms with Gasteiger partial charge in [0.25, 0.3) is 0 Å². The Kier molecular flexibility index (Phi) is 3.63. The molecule has 0 bridgehead atoms. The van der Waals surface area contributed by atoms with Crippen LogP contribution in [0.4, 0.5) is 5.69 Å². The maximum absolute atomic E-state index is 11.5. The van der Waals surface area contributed by atoms with Crippen molar-refractivity contribution in [3.05, 3.63) is 39.6 Å². The molecule has 2 aromatic heterocycles. The molecule has 0 atom stereocenters. The molecule has 0 aromatic carbocycles. The molecule has 1 N–H and O–H groups in total. The standard InChI is InChI=1S/C15H17N3O2S/c1-9(2)14-16-7-11(13(17-14)15(19)20)18-5-3-12-10(8-18)4-6-21-12/h4,6-7,9H,3,5,8H2,1-2H3,(H,19,20). The number of aromatic carboxylic acids is 1. The molecule has 110 valence electrons. The van der Waals surface area contributed by atoms with E-state index >= 15 is 0 Å². The lowest BCUT2D eigenvalue weighted by Gasteiger charge is -2.29. The number of anilines is 1. The number of carboxylic acids is 1. The van der Waals surface area contributed by atoms with Crippen molar-refractivity contribution < 1.29 is 9.90 Å². The molecular weight excluding hydrogens is 286 g/mol. The lowest BCUT2D eigenvalue weighted by atomic mass is 10.1. The number of carbonyl (C=O) groups is 1. The molecule has 0 amide bonds. The van der Waals surface area contributed by atoms with Gasteiger partial charge in [-0.05, 0) is 23.4 Å². The molecule has 0 radical (unpaired) electrons. The largest absolute Gasteiger partial charge is 0.476 e. The molecule has 1 aliphatic heterocycles. The first-order valence-corrected chi connectivity index (χ1v) is 7.84. The number of fused-ring (bicyclic) bond motifs is 1. The van der Waals surface area contributed by atoms with Gasteiger partial charge in [-0.2, -0.15) is 0 Å². The molecule has 5 nitrogen and oxygen atoms in total. The quantitative estimate of drug-likeness (QED) is 0.944. The van der Waals surface area contributed by atoms with E-state index in [1.807, 2.05) is 13.8 Å². The van der Waals surface area contributed by atoms with Crippen molar-refractivity contribution in [1.29, 1.82) is 0 Å². The smallest absolute Gasteiger partial charge is 0.356 e. The summed E-state index contributed by atoms with van der Waals surface area (Å²) in [6, 6.07) is 2.11. The van der Waals surface area contributed by atoms with Crippen LogP contribution in [0.3, 0.4) is 0 Å². The van der Waals surface area contributed by atoms with Crippen molar-refractivity contribution in [1.82, 2.24) is 9.97 Å². The van der Waals surface area contributed by atoms with Crippen LogP contribution in [0.15, 0.2) is 17.6 Å². The number of rotatable bonds is 3. The lowest BCUT2D eigenvalue weighted by Crippen LogP contribution is -2.31. The molecule has 1 aliphatic rings. The number of nitrogens with zero attached hydrogens (tertiary/aromatic N) is 3. The van der Waals surface area contributed by atoms with E-state index in [0.717, 1.165) is 19.5 Å². The minimum absolute atomic E-state index is 0.104. The first-order chi connectivity index (χ1) is 10.1. The number of hydrogen-bond donors (Lipinski definition) is 1. The van der Waals surface area contributed by atoms with Crippen LogP contribution in [0.25, 0.3) is 0 Å². The summed E-state index contributed by atoms with van der Waals surface area (Å²) in [5.41, 5.74) is 1.99. The fourth-order valence-corrected chi connectivity index (χ4v) is 3.40. The first kappa shape index (κ1) is 14.0. The number of aromatic nitrogens is 2. The number of thiophene rings is 1. The molecule has 0 fully saturated rings. The predicted molar refractivity (Wildman–Crippen MR) is 82.2 cm³/mol. The van der Waals surface area contributed by atoms with Crippen molar-refractivity contribution in [3.63, 3.8) is 0 Å². The van der Waals surface area contributed by atoms with E-state index in [9.17, 15) is 9.90 Å². The average molecular weight is 303 g/mol. The second kappa shape index (κ2) is 5.44. The van der Waals surface area contributed by atoms with Crippen molar-refractivity contribution in [2.75, 3.05) is 11.4 Å². The van der Waals surface area contributed by atoms with E-state index in [-0.39, 0.29) is 11.6 Å². The van der Waals surface area contributed by atoms with E-state index < -0.39 is 5.97 Å². The molecular formula is C15H17N3O2S. The van der Waals surface area contributed by atoms with Gasteiger partial charge in [-0.15, -0.1) is 11.3 Å². The van der Waals surface area contributed by atoms with Gasteiger partial charge in [0.2, 0.25) is 0 Å². The Hall–Kier alpha value is -1.95. The molecule has 0 unspecified atom stereocenters. The van der Waals surface area contributed by atoms with Crippen molar-refractivity contribution >= 4 is 23.0 Å². The van der Waals surface area contributed by atoms with Crippen LogP contribution in [-0.4, -0.2) is 27.6 Å². The summed E-state index contributed by atoms with van der Waals surface area (Å²) in [5.74, 6) is -0.309. The van der Waals surface area contributed by atoms with Crippen LogP contribution >= 0.6 is 11.3 Å². The summed E-state index contributed by atoms with van der Waals surface area (Å²) in [6.07, 6.45) is 2.60. The van der Waals surface area contributed by atoms with Crippen LogP contribution < -0.4 is 4.90 Å². The minimum Gasteiger partial charge on any atom is -0.476 e. The van der Waals surface area contributed by atoms with Crippen molar-refractivity contribution in [2.45, 2.75) is 32.7 Å². The second-order valence-corrected chi connectivity index (χ2v) is 6.46. The SMILES string of the molecule is CC(C)c1ncc(N2CCc3sccc3C2)c(C(=O)O)n1. The monoisotopic (exact) mass is 303 g/mol. The molecule has 3 rings (SSSR count). The highest BCUT2D eigenvalue weighted by Crippen LogP contribution is 2.29. The Balaban J connectivity index is 1.97. The zero-order valence-corrected chi connectivity index (χ0v) is 12.9. The molecule has 0 spiro atoms. The normalized spacial score (nSPS) is 14.3. The molecule has 3 heterocycles. The van der Waals surface area contributed by atoms with E-state index in [0.29, 0.717) is 11.5 Å². The Labute approximate surface area is 127 Å². The van der Waals surface area contributed by atoms with Crippen molar-refractivity contribution in [2.24, 2.45) is 0 Å². The van der Waals surface area contributed by atoms with Gasteiger partial charge < -0.3 is 10.0 Å². The molecule has 0 aliphatic carbocycles. The maximum Gasteiger partial charge on any atom is 0.356 e. The van der Waals surface area contributed by atoms with Gasteiger partial charge in [-0.3, -0.25) is 0 Å². The fraction of sp³-hybridized carbons (Fsp3) is 0.400. The average Bonchev–Trinajstić information content (AvgIpc) is 2.93. The van der Waals surface area contributed by atoms with Gasteiger partial charge in [-0.25, -0.2) is 14.8 Å². The van der Waals surface area contributed by atoms with Gasteiger partial charge in [0, 0.05) is 23.9 Å². The second-order valence-electron chi connectivity index (χ2n) is 5.46. The summed E-state index contributed by atoms with van der Waals surface area (Å²) in [4.78, 5) is 23.5. The van der Waals surface area contributed by atoms with Crippen LogP contribution in [0, 0.1) is 0 Å². The third kappa shape index (κ3) is 2.63. The van der Waals surface area contributed by atoms with Gasteiger partial charge in [-0.1, -0.05) is 13.8 Å². The zero-order valence-electron chi connectivity index (χ0n) is 12.0. The molecule has 6 heteroatoms. The molecule has 2 aromatic rings. The Morgan fingerprint density at radius 2 is 2.29 bits per heavy atom. The predicted octanol–water partition coefficient (Wildman–Crippen LogP) is 2.92. The van der Waals surface area contributed by atoms with Gasteiger partial charge in [0.05, 0.1) is 11.9 Å². The highest BCUT2D eigenvalue weighted by molar-refractivity contribution is 7.10. The Morgan fingerprint density at radius 3 is 3.00 bits per heavy atom.